The molecule has 19 heavy (non-hydrogen) atoms. The van der Waals surface area contributed by atoms with Gasteiger partial charge in [0.2, 0.25) is 0 Å². The summed E-state index contributed by atoms with van der Waals surface area (Å²) >= 11 is 1.51. The van der Waals surface area contributed by atoms with Crippen molar-refractivity contribution in [1.29, 1.82) is 0 Å². The Morgan fingerprint density at radius 2 is 2.00 bits per heavy atom. The first-order valence-electron chi connectivity index (χ1n) is 5.41. The fraction of sp³-hybridized carbons (Fsp3) is 0.308. The Balaban J connectivity index is 2.87. The van der Waals surface area contributed by atoms with Gasteiger partial charge in [0.15, 0.2) is 0 Å². The third-order valence-corrected chi connectivity index (χ3v) is 3.09. The maximum atomic E-state index is 12.2. The molecule has 0 saturated carbocycles. The number of hydrogen-bond donors (Lipinski definition) is 0. The van der Waals surface area contributed by atoms with Gasteiger partial charge in [-0.3, -0.25) is 0 Å². The molecule has 2 nitrogen and oxygen atoms in total. The van der Waals surface area contributed by atoms with E-state index in [4.69, 9.17) is 0 Å². The van der Waals surface area contributed by atoms with Crippen LogP contribution in [0.1, 0.15) is 18.1 Å². The molecule has 0 radical (unpaired) electrons. The normalized spacial score (nSPS) is 12.8. The molecular weight excluding hydrogens is 277 g/mol. The summed E-state index contributed by atoms with van der Waals surface area (Å²) < 4.78 is 41.0. The number of carbonyl (C=O) groups excluding carboxylic acids is 1. The van der Waals surface area contributed by atoms with Gasteiger partial charge in [0.05, 0.1) is 0 Å². The van der Waals surface area contributed by atoms with Gasteiger partial charge in [-0.2, -0.15) is 13.2 Å². The number of alkyl halides is 3. The lowest BCUT2D eigenvalue weighted by Gasteiger charge is -2.18. The van der Waals surface area contributed by atoms with E-state index in [0.717, 1.165) is 4.90 Å². The van der Waals surface area contributed by atoms with Gasteiger partial charge in [-0.25, -0.2) is 4.79 Å². The molecule has 0 spiro atoms. The van der Waals surface area contributed by atoms with Gasteiger partial charge >= 0.3 is 12.1 Å². The van der Waals surface area contributed by atoms with Crippen LogP contribution in [0.4, 0.5) is 13.2 Å². The Bertz CT molecular complexity index is 440. The van der Waals surface area contributed by atoms with Crippen LogP contribution in [0.25, 0.3) is 0 Å². The van der Waals surface area contributed by atoms with Crippen molar-refractivity contribution in [1.82, 2.24) is 0 Å². The molecule has 1 aromatic carbocycles. The summed E-state index contributed by atoms with van der Waals surface area (Å²) in [5.41, 5.74) is 0.510. The highest BCUT2D eigenvalue weighted by Crippen LogP contribution is 2.27. The van der Waals surface area contributed by atoms with Crippen molar-refractivity contribution < 1.29 is 22.7 Å². The molecule has 0 heterocycles. The zero-order chi connectivity index (χ0) is 14.5. The molecule has 0 aliphatic heterocycles. The zero-order valence-corrected chi connectivity index (χ0v) is 11.1. The molecule has 1 rings (SSSR count). The summed E-state index contributed by atoms with van der Waals surface area (Å²) in [5, 5.41) is 0. The van der Waals surface area contributed by atoms with Crippen molar-refractivity contribution >= 4 is 17.7 Å². The van der Waals surface area contributed by atoms with Gasteiger partial charge in [0, 0.05) is 11.3 Å². The van der Waals surface area contributed by atoms with Crippen LogP contribution in [0.3, 0.4) is 0 Å². The van der Waals surface area contributed by atoms with E-state index in [1.807, 2.05) is 6.26 Å². The van der Waals surface area contributed by atoms with E-state index in [2.05, 4.69) is 11.3 Å². The van der Waals surface area contributed by atoms with Crippen LogP contribution in [0.15, 0.2) is 41.8 Å². The van der Waals surface area contributed by atoms with Gasteiger partial charge < -0.3 is 4.74 Å². The molecule has 0 amide bonds. The smallest absolute Gasteiger partial charge is 0.451 e. The Morgan fingerprint density at radius 3 is 2.42 bits per heavy atom. The van der Waals surface area contributed by atoms with Crippen LogP contribution in [0, 0.1) is 0 Å². The molecule has 1 aromatic rings. The first-order valence-corrected chi connectivity index (χ1v) is 6.63. The van der Waals surface area contributed by atoms with Crippen molar-refractivity contribution in [2.45, 2.75) is 23.6 Å². The van der Waals surface area contributed by atoms with E-state index in [0.29, 0.717) is 5.56 Å². The van der Waals surface area contributed by atoms with Crippen LogP contribution >= 0.6 is 11.8 Å². The van der Waals surface area contributed by atoms with Gasteiger partial charge in [0.1, 0.15) is 6.10 Å². The third-order valence-electron chi connectivity index (χ3n) is 2.35. The predicted octanol–water partition coefficient (Wildman–Crippen LogP) is 4.13. The van der Waals surface area contributed by atoms with Gasteiger partial charge in [-0.05, 0) is 24.0 Å². The number of ether oxygens (including phenoxy) is 1. The lowest BCUT2D eigenvalue weighted by atomic mass is 10.1. The highest BCUT2D eigenvalue weighted by Gasteiger charge is 2.42. The van der Waals surface area contributed by atoms with Gasteiger partial charge in [0.25, 0.3) is 0 Å². The summed E-state index contributed by atoms with van der Waals surface area (Å²) in [6.07, 6.45) is -2.53. The summed E-state index contributed by atoms with van der Waals surface area (Å²) in [4.78, 5) is 11.8. The Morgan fingerprint density at radius 1 is 1.42 bits per heavy atom. The number of thioether (sulfide) groups is 1. The predicted molar refractivity (Wildman–Crippen MR) is 67.9 cm³/mol. The van der Waals surface area contributed by atoms with E-state index in [1.165, 1.54) is 17.8 Å². The number of carbonyl (C=O) groups is 1. The molecule has 104 valence electrons. The maximum absolute atomic E-state index is 12.2. The highest BCUT2D eigenvalue weighted by atomic mass is 32.2. The molecule has 0 N–H and O–H groups in total. The number of rotatable bonds is 5. The average molecular weight is 290 g/mol. The van der Waals surface area contributed by atoms with Crippen LogP contribution < -0.4 is 0 Å². The Hall–Kier alpha value is -1.43. The molecule has 0 aliphatic rings. The second kappa shape index (κ2) is 6.65. The Labute approximate surface area is 113 Å². The molecule has 0 aliphatic carbocycles. The molecule has 0 fully saturated rings. The van der Waals surface area contributed by atoms with Crippen molar-refractivity contribution in [2.24, 2.45) is 0 Å². The quantitative estimate of drug-likeness (QED) is 0.463. The minimum absolute atomic E-state index is 0.125. The molecule has 0 saturated heterocycles. The first-order chi connectivity index (χ1) is 8.88. The topological polar surface area (TPSA) is 26.3 Å². The number of benzene rings is 1. The fourth-order valence-electron chi connectivity index (χ4n) is 1.42. The number of hydrogen-bond acceptors (Lipinski definition) is 3. The van der Waals surface area contributed by atoms with E-state index in [-0.39, 0.29) is 6.42 Å². The molecule has 1 unspecified atom stereocenters. The lowest BCUT2D eigenvalue weighted by Crippen LogP contribution is -2.27. The van der Waals surface area contributed by atoms with E-state index >= 15 is 0 Å². The van der Waals surface area contributed by atoms with Crippen LogP contribution in [0.5, 0.6) is 0 Å². The lowest BCUT2D eigenvalue weighted by molar-refractivity contribution is -0.205. The molecule has 6 heteroatoms. The number of esters is 1. The maximum Gasteiger partial charge on any atom is 0.490 e. The fourth-order valence-corrected chi connectivity index (χ4v) is 1.83. The van der Waals surface area contributed by atoms with Crippen LogP contribution in [-0.4, -0.2) is 18.4 Å². The zero-order valence-electron chi connectivity index (χ0n) is 10.2. The summed E-state index contributed by atoms with van der Waals surface area (Å²) in [6.45, 7) is 3.45. The van der Waals surface area contributed by atoms with Crippen molar-refractivity contribution in [3.63, 3.8) is 0 Å². The SMILES string of the molecule is C=CCC(OC(=O)C(F)(F)F)c1ccc(SC)cc1. The summed E-state index contributed by atoms with van der Waals surface area (Å²) in [7, 11) is 0. The van der Waals surface area contributed by atoms with Gasteiger partial charge in [-0.15, -0.1) is 18.3 Å². The van der Waals surface area contributed by atoms with E-state index in [1.54, 1.807) is 24.3 Å². The second-order valence-electron chi connectivity index (χ2n) is 3.69. The van der Waals surface area contributed by atoms with Crippen LogP contribution in [-0.2, 0) is 9.53 Å². The average Bonchev–Trinajstić information content (AvgIpc) is 2.37. The van der Waals surface area contributed by atoms with E-state index < -0.39 is 18.2 Å². The highest BCUT2D eigenvalue weighted by molar-refractivity contribution is 7.98. The van der Waals surface area contributed by atoms with Crippen molar-refractivity contribution in [3.05, 3.63) is 42.5 Å². The van der Waals surface area contributed by atoms with Crippen molar-refractivity contribution in [2.75, 3.05) is 6.26 Å². The second-order valence-corrected chi connectivity index (χ2v) is 4.57. The first kappa shape index (κ1) is 15.6. The summed E-state index contributed by atoms with van der Waals surface area (Å²) in [5.74, 6) is -2.19. The minimum atomic E-state index is -4.99. The molecule has 0 aromatic heterocycles. The monoisotopic (exact) mass is 290 g/mol. The molecular formula is C13H13F3O2S. The molecule has 1 atom stereocenters. The summed E-state index contributed by atoms with van der Waals surface area (Å²) in [6, 6.07) is 6.81. The van der Waals surface area contributed by atoms with E-state index in [9.17, 15) is 18.0 Å². The van der Waals surface area contributed by atoms with Crippen molar-refractivity contribution in [3.8, 4) is 0 Å². The standard InChI is InChI=1S/C13H13F3O2S/c1-3-4-11(18-12(17)13(14,15)16)9-5-7-10(19-2)8-6-9/h3,5-8,11H,1,4H2,2H3. The molecule has 0 bridgehead atoms. The number of halogens is 3. The largest absolute Gasteiger partial charge is 0.490 e. The van der Waals surface area contributed by atoms with Gasteiger partial charge in [-0.1, -0.05) is 18.2 Å². The van der Waals surface area contributed by atoms with Crippen LogP contribution in [0.2, 0.25) is 0 Å². The Kier molecular flexibility index (Phi) is 5.47. The minimum Gasteiger partial charge on any atom is -0.451 e. The third kappa shape index (κ3) is 4.63.